The largest absolute Gasteiger partial charge is 0.480 e. The molecule has 0 aliphatic heterocycles. The van der Waals surface area contributed by atoms with Gasteiger partial charge in [-0.25, -0.2) is 0 Å². The quantitative estimate of drug-likeness (QED) is 0.913. The molecule has 0 fully saturated rings. The fraction of sp³-hybridized carbons (Fsp3) is 0.462. The predicted molar refractivity (Wildman–Crippen MR) is 77.1 cm³/mol. The van der Waals surface area contributed by atoms with Gasteiger partial charge in [-0.3, -0.25) is 4.79 Å². The zero-order valence-electron chi connectivity index (χ0n) is 10.9. The summed E-state index contributed by atoms with van der Waals surface area (Å²) >= 11 is 9.18. The minimum absolute atomic E-state index is 0.149. The van der Waals surface area contributed by atoms with Gasteiger partial charge in [0.2, 0.25) is 0 Å². The number of hydrogen-bond acceptors (Lipinski definition) is 2. The van der Waals surface area contributed by atoms with Crippen LogP contribution in [0.4, 0.5) is 0 Å². The molecule has 0 radical (unpaired) electrons. The Morgan fingerprint density at radius 2 is 2.06 bits per heavy atom. The number of halogens is 2. The second-order valence-corrected chi connectivity index (χ2v) is 6.36. The van der Waals surface area contributed by atoms with Crippen molar-refractivity contribution in [3.05, 3.63) is 27.7 Å². The van der Waals surface area contributed by atoms with Crippen molar-refractivity contribution in [1.29, 1.82) is 0 Å². The maximum atomic E-state index is 11.9. The Bertz CT molecular complexity index is 443. The molecule has 0 aliphatic rings. The van der Waals surface area contributed by atoms with Gasteiger partial charge in [0.15, 0.2) is 6.10 Å². The summed E-state index contributed by atoms with van der Waals surface area (Å²) in [6.45, 7) is 7.49. The molecule has 5 heteroatoms. The summed E-state index contributed by atoms with van der Waals surface area (Å²) in [6.07, 6.45) is -0.568. The highest BCUT2D eigenvalue weighted by Crippen LogP contribution is 2.28. The fourth-order valence-corrected chi connectivity index (χ4v) is 2.06. The van der Waals surface area contributed by atoms with Crippen LogP contribution in [-0.4, -0.2) is 17.6 Å². The molecule has 100 valence electrons. The van der Waals surface area contributed by atoms with E-state index in [1.54, 1.807) is 25.1 Å². The number of benzene rings is 1. The minimum atomic E-state index is -0.568. The smallest absolute Gasteiger partial charge is 0.261 e. The minimum Gasteiger partial charge on any atom is -0.480 e. The Hall–Kier alpha value is -0.740. The van der Waals surface area contributed by atoms with Gasteiger partial charge < -0.3 is 10.1 Å². The lowest BCUT2D eigenvalue weighted by atomic mass is 10.1. The third-order valence-electron chi connectivity index (χ3n) is 2.07. The molecule has 0 aliphatic carbocycles. The van der Waals surface area contributed by atoms with Crippen molar-refractivity contribution in [2.75, 3.05) is 0 Å². The lowest BCUT2D eigenvalue weighted by Crippen LogP contribution is -2.46. The van der Waals surface area contributed by atoms with Crippen LogP contribution in [0, 0.1) is 0 Å². The van der Waals surface area contributed by atoms with Gasteiger partial charge in [-0.2, -0.15) is 0 Å². The summed E-state index contributed by atoms with van der Waals surface area (Å²) in [7, 11) is 0. The van der Waals surface area contributed by atoms with Crippen LogP contribution in [-0.2, 0) is 4.79 Å². The summed E-state index contributed by atoms with van der Waals surface area (Å²) < 4.78 is 6.32. The lowest BCUT2D eigenvalue weighted by Gasteiger charge is -2.23. The van der Waals surface area contributed by atoms with Crippen molar-refractivity contribution in [3.63, 3.8) is 0 Å². The van der Waals surface area contributed by atoms with Gasteiger partial charge >= 0.3 is 0 Å². The summed E-state index contributed by atoms with van der Waals surface area (Å²) in [6, 6.07) is 5.18. The number of nitrogens with one attached hydrogen (secondary N) is 1. The number of carbonyl (C=O) groups is 1. The van der Waals surface area contributed by atoms with Gasteiger partial charge in [-0.1, -0.05) is 11.6 Å². The molecule has 0 unspecified atom stereocenters. The van der Waals surface area contributed by atoms with E-state index < -0.39 is 6.10 Å². The van der Waals surface area contributed by atoms with E-state index >= 15 is 0 Å². The topological polar surface area (TPSA) is 38.3 Å². The molecule has 0 saturated heterocycles. The van der Waals surface area contributed by atoms with E-state index in [2.05, 4.69) is 21.2 Å². The van der Waals surface area contributed by atoms with Crippen molar-refractivity contribution < 1.29 is 9.53 Å². The Morgan fingerprint density at radius 3 is 2.56 bits per heavy atom. The third kappa shape index (κ3) is 4.86. The van der Waals surface area contributed by atoms with Crippen LogP contribution in [0.15, 0.2) is 22.7 Å². The van der Waals surface area contributed by atoms with Crippen LogP contribution in [0.3, 0.4) is 0 Å². The Balaban J connectivity index is 2.69. The summed E-state index contributed by atoms with van der Waals surface area (Å²) in [5.41, 5.74) is -0.272. The van der Waals surface area contributed by atoms with Crippen molar-refractivity contribution in [2.45, 2.75) is 39.3 Å². The maximum absolute atomic E-state index is 11.9. The molecular weight excluding hydrogens is 318 g/mol. The van der Waals surface area contributed by atoms with Gasteiger partial charge in [-0.15, -0.1) is 0 Å². The lowest BCUT2D eigenvalue weighted by molar-refractivity contribution is -0.128. The average molecular weight is 335 g/mol. The standard InChI is InChI=1S/C13H17BrClNO2/c1-8(12(17)16-13(2,3)4)18-11-6-5-9(15)7-10(11)14/h5-8H,1-4H3,(H,16,17)/t8-/m1/s1. The number of hydrogen-bond donors (Lipinski definition) is 1. The second-order valence-electron chi connectivity index (χ2n) is 5.07. The molecule has 18 heavy (non-hydrogen) atoms. The van der Waals surface area contributed by atoms with Crippen molar-refractivity contribution in [3.8, 4) is 5.75 Å². The van der Waals surface area contributed by atoms with E-state index in [9.17, 15) is 4.79 Å². The number of rotatable bonds is 3. The van der Waals surface area contributed by atoms with Crippen LogP contribution in [0.1, 0.15) is 27.7 Å². The number of amides is 1. The molecule has 0 aromatic heterocycles. The highest BCUT2D eigenvalue weighted by Gasteiger charge is 2.21. The monoisotopic (exact) mass is 333 g/mol. The van der Waals surface area contributed by atoms with E-state index in [0.717, 1.165) is 4.47 Å². The average Bonchev–Trinajstić information content (AvgIpc) is 2.19. The molecule has 0 heterocycles. The molecular formula is C13H17BrClNO2. The molecule has 0 saturated carbocycles. The molecule has 1 atom stereocenters. The van der Waals surface area contributed by atoms with Crippen LogP contribution in [0.25, 0.3) is 0 Å². The van der Waals surface area contributed by atoms with Crippen LogP contribution < -0.4 is 10.1 Å². The number of ether oxygens (including phenoxy) is 1. The zero-order chi connectivity index (χ0) is 13.9. The zero-order valence-corrected chi connectivity index (χ0v) is 13.2. The van der Waals surface area contributed by atoms with Crippen molar-refractivity contribution in [1.82, 2.24) is 5.32 Å². The maximum Gasteiger partial charge on any atom is 0.261 e. The molecule has 3 nitrogen and oxygen atoms in total. The summed E-state index contributed by atoms with van der Waals surface area (Å²) in [4.78, 5) is 11.9. The van der Waals surface area contributed by atoms with E-state index in [0.29, 0.717) is 10.8 Å². The van der Waals surface area contributed by atoms with E-state index in [4.69, 9.17) is 16.3 Å². The molecule has 1 aromatic carbocycles. The highest BCUT2D eigenvalue weighted by atomic mass is 79.9. The number of carbonyl (C=O) groups excluding carboxylic acids is 1. The highest BCUT2D eigenvalue weighted by molar-refractivity contribution is 9.10. The summed E-state index contributed by atoms with van der Waals surface area (Å²) in [5, 5.41) is 3.48. The molecule has 1 amide bonds. The van der Waals surface area contributed by atoms with Gasteiger partial charge in [0.05, 0.1) is 4.47 Å². The fourth-order valence-electron chi connectivity index (χ4n) is 1.29. The first-order chi connectivity index (χ1) is 8.19. The molecule has 0 spiro atoms. The Morgan fingerprint density at radius 1 is 1.44 bits per heavy atom. The van der Waals surface area contributed by atoms with Crippen LogP contribution in [0.5, 0.6) is 5.75 Å². The van der Waals surface area contributed by atoms with Crippen molar-refractivity contribution in [2.24, 2.45) is 0 Å². The van der Waals surface area contributed by atoms with E-state index in [1.165, 1.54) is 0 Å². The summed E-state index contributed by atoms with van der Waals surface area (Å²) in [5.74, 6) is 0.445. The van der Waals surface area contributed by atoms with Gasteiger partial charge in [0.1, 0.15) is 5.75 Å². The first-order valence-corrected chi connectivity index (χ1v) is 6.80. The van der Waals surface area contributed by atoms with Crippen molar-refractivity contribution >= 4 is 33.4 Å². The second kappa shape index (κ2) is 5.93. The van der Waals surface area contributed by atoms with Gasteiger partial charge in [-0.05, 0) is 61.8 Å². The van der Waals surface area contributed by atoms with E-state index in [1.807, 2.05) is 20.8 Å². The van der Waals surface area contributed by atoms with Gasteiger partial charge in [0.25, 0.3) is 5.91 Å². The van der Waals surface area contributed by atoms with Gasteiger partial charge in [0, 0.05) is 10.6 Å². The third-order valence-corrected chi connectivity index (χ3v) is 2.92. The van der Waals surface area contributed by atoms with E-state index in [-0.39, 0.29) is 11.4 Å². The molecule has 1 aromatic rings. The Labute approximate surface area is 121 Å². The SMILES string of the molecule is C[C@@H](Oc1ccc(Cl)cc1Br)C(=O)NC(C)(C)C. The normalized spacial score (nSPS) is 13.0. The molecule has 1 N–H and O–H groups in total. The first kappa shape index (κ1) is 15.3. The molecule has 0 bridgehead atoms. The molecule has 1 rings (SSSR count). The Kier molecular flexibility index (Phi) is 5.05. The van der Waals surface area contributed by atoms with Crippen LogP contribution in [0.2, 0.25) is 5.02 Å². The first-order valence-electron chi connectivity index (χ1n) is 5.63. The van der Waals surface area contributed by atoms with Crippen LogP contribution >= 0.6 is 27.5 Å². The predicted octanol–water partition coefficient (Wildman–Crippen LogP) is 3.78.